The van der Waals surface area contributed by atoms with Crippen molar-refractivity contribution in [3.8, 4) is 0 Å². The maximum absolute atomic E-state index is 13.5. The van der Waals surface area contributed by atoms with Crippen LogP contribution in [0.15, 0.2) is 24.3 Å². The molecule has 0 bridgehead atoms. The van der Waals surface area contributed by atoms with E-state index in [0.717, 1.165) is 0 Å². The van der Waals surface area contributed by atoms with E-state index in [9.17, 15) is 17.6 Å². The number of amides is 2. The van der Waals surface area contributed by atoms with Crippen LogP contribution in [0.1, 0.15) is 13.3 Å². The second-order valence-corrected chi connectivity index (χ2v) is 7.20. The summed E-state index contributed by atoms with van der Waals surface area (Å²) in [5.41, 5.74) is 0.0943. The number of nitrogens with one attached hydrogen (secondary N) is 1. The number of benzene rings is 1. The minimum absolute atomic E-state index is 0.0535. The SMILES string of the molecule is CC1CCS(=O)(=O)CCN1C(=O)Nc1ccccc1F. The van der Waals surface area contributed by atoms with Gasteiger partial charge in [0.1, 0.15) is 5.82 Å². The molecule has 2 amide bonds. The molecule has 2 rings (SSSR count). The van der Waals surface area contributed by atoms with Crippen LogP contribution in [0.5, 0.6) is 0 Å². The zero-order valence-corrected chi connectivity index (χ0v) is 12.0. The van der Waals surface area contributed by atoms with E-state index < -0.39 is 21.7 Å². The predicted octanol–water partition coefficient (Wildman–Crippen LogP) is 1.87. The number of rotatable bonds is 1. The summed E-state index contributed by atoms with van der Waals surface area (Å²) in [6.07, 6.45) is 0.396. The molecule has 110 valence electrons. The van der Waals surface area contributed by atoms with Gasteiger partial charge in [-0.05, 0) is 25.5 Å². The van der Waals surface area contributed by atoms with Gasteiger partial charge in [0.15, 0.2) is 9.84 Å². The molecule has 1 aromatic rings. The van der Waals surface area contributed by atoms with Crippen LogP contribution in [0, 0.1) is 5.82 Å². The number of nitrogens with zero attached hydrogens (tertiary/aromatic N) is 1. The van der Waals surface area contributed by atoms with Gasteiger partial charge in [-0.15, -0.1) is 0 Å². The fraction of sp³-hybridized carbons (Fsp3) is 0.462. The summed E-state index contributed by atoms with van der Waals surface area (Å²) in [7, 11) is -3.10. The van der Waals surface area contributed by atoms with E-state index in [1.807, 2.05) is 0 Å². The van der Waals surface area contributed by atoms with Crippen LogP contribution in [0.2, 0.25) is 0 Å². The Morgan fingerprint density at radius 3 is 2.75 bits per heavy atom. The highest BCUT2D eigenvalue weighted by atomic mass is 32.2. The van der Waals surface area contributed by atoms with E-state index in [2.05, 4.69) is 5.32 Å². The van der Waals surface area contributed by atoms with Gasteiger partial charge >= 0.3 is 6.03 Å². The zero-order valence-electron chi connectivity index (χ0n) is 11.2. The van der Waals surface area contributed by atoms with Crippen molar-refractivity contribution in [2.24, 2.45) is 0 Å². The fourth-order valence-electron chi connectivity index (χ4n) is 2.12. The van der Waals surface area contributed by atoms with Gasteiger partial charge in [0.05, 0.1) is 17.2 Å². The molecule has 0 spiro atoms. The molecule has 1 unspecified atom stereocenters. The van der Waals surface area contributed by atoms with E-state index in [1.54, 1.807) is 13.0 Å². The molecule has 1 aliphatic heterocycles. The second kappa shape index (κ2) is 5.78. The molecular weight excluding hydrogens is 283 g/mol. The van der Waals surface area contributed by atoms with Crippen LogP contribution < -0.4 is 5.32 Å². The first-order chi connectivity index (χ1) is 9.39. The number of carbonyl (C=O) groups excluding carboxylic acids is 1. The van der Waals surface area contributed by atoms with Crippen LogP contribution in [0.3, 0.4) is 0 Å². The average Bonchev–Trinajstić information content (AvgIpc) is 2.52. The summed E-state index contributed by atoms with van der Waals surface area (Å²) in [6.45, 7) is 1.92. The van der Waals surface area contributed by atoms with Crippen molar-refractivity contribution < 1.29 is 17.6 Å². The van der Waals surface area contributed by atoms with E-state index in [1.165, 1.54) is 23.1 Å². The topological polar surface area (TPSA) is 66.5 Å². The van der Waals surface area contributed by atoms with Crippen LogP contribution in [0.4, 0.5) is 14.9 Å². The summed E-state index contributed by atoms with van der Waals surface area (Å²) in [6, 6.07) is 5.21. The smallest absolute Gasteiger partial charge is 0.321 e. The molecule has 0 radical (unpaired) electrons. The van der Waals surface area contributed by atoms with Crippen LogP contribution >= 0.6 is 0 Å². The Labute approximate surface area is 117 Å². The van der Waals surface area contributed by atoms with Gasteiger partial charge in [-0.3, -0.25) is 0 Å². The lowest BCUT2D eigenvalue weighted by atomic mass is 10.2. The van der Waals surface area contributed by atoms with Gasteiger partial charge < -0.3 is 10.2 Å². The number of hydrogen-bond donors (Lipinski definition) is 1. The molecular formula is C13H17FN2O3S. The third-order valence-corrected chi connectivity index (χ3v) is 5.06. The molecule has 1 fully saturated rings. The van der Waals surface area contributed by atoms with Crippen molar-refractivity contribution in [3.63, 3.8) is 0 Å². The lowest BCUT2D eigenvalue weighted by Gasteiger charge is -2.26. The van der Waals surface area contributed by atoms with Crippen molar-refractivity contribution >= 4 is 21.6 Å². The number of carbonyl (C=O) groups is 1. The normalized spacial score (nSPS) is 22.1. The predicted molar refractivity (Wildman–Crippen MR) is 74.9 cm³/mol. The third-order valence-electron chi connectivity index (χ3n) is 3.40. The molecule has 7 heteroatoms. The standard InChI is InChI=1S/C13H17FN2O3S/c1-10-6-8-20(18,19)9-7-16(10)13(17)15-12-5-3-2-4-11(12)14/h2-5,10H,6-9H2,1H3,(H,15,17). The van der Waals surface area contributed by atoms with Crippen molar-refractivity contribution in [2.75, 3.05) is 23.4 Å². The van der Waals surface area contributed by atoms with Crippen molar-refractivity contribution in [3.05, 3.63) is 30.1 Å². The van der Waals surface area contributed by atoms with Gasteiger partial charge in [0.2, 0.25) is 0 Å². The molecule has 1 aromatic carbocycles. The van der Waals surface area contributed by atoms with Gasteiger partial charge in [-0.25, -0.2) is 17.6 Å². The third kappa shape index (κ3) is 3.47. The van der Waals surface area contributed by atoms with Gasteiger partial charge in [-0.1, -0.05) is 12.1 Å². The largest absolute Gasteiger partial charge is 0.322 e. The quantitative estimate of drug-likeness (QED) is 0.861. The summed E-state index contributed by atoms with van der Waals surface area (Å²) in [5, 5.41) is 2.48. The van der Waals surface area contributed by atoms with E-state index in [0.29, 0.717) is 6.42 Å². The molecule has 0 saturated carbocycles. The lowest BCUT2D eigenvalue weighted by molar-refractivity contribution is 0.197. The summed E-state index contributed by atoms with van der Waals surface area (Å²) < 4.78 is 36.6. The van der Waals surface area contributed by atoms with E-state index in [-0.39, 0.29) is 29.8 Å². The molecule has 5 nitrogen and oxygen atoms in total. The number of anilines is 1. The highest BCUT2D eigenvalue weighted by Gasteiger charge is 2.28. The van der Waals surface area contributed by atoms with E-state index in [4.69, 9.17) is 0 Å². The molecule has 1 saturated heterocycles. The maximum Gasteiger partial charge on any atom is 0.322 e. The number of sulfone groups is 1. The molecule has 20 heavy (non-hydrogen) atoms. The minimum Gasteiger partial charge on any atom is -0.321 e. The van der Waals surface area contributed by atoms with Crippen LogP contribution in [0.25, 0.3) is 0 Å². The Hall–Kier alpha value is -1.63. The van der Waals surface area contributed by atoms with Crippen molar-refractivity contribution in [1.82, 2.24) is 4.90 Å². The van der Waals surface area contributed by atoms with Gasteiger partial charge in [0, 0.05) is 12.6 Å². The molecule has 1 N–H and O–H groups in total. The van der Waals surface area contributed by atoms with Crippen molar-refractivity contribution in [1.29, 1.82) is 0 Å². The minimum atomic E-state index is -3.10. The Kier molecular flexibility index (Phi) is 4.27. The highest BCUT2D eigenvalue weighted by molar-refractivity contribution is 7.91. The average molecular weight is 300 g/mol. The zero-order chi connectivity index (χ0) is 14.8. The molecule has 1 heterocycles. The summed E-state index contributed by atoms with van der Waals surface area (Å²) >= 11 is 0. The number of hydrogen-bond acceptors (Lipinski definition) is 3. The Balaban J connectivity index is 2.10. The summed E-state index contributed by atoms with van der Waals surface area (Å²) in [5.74, 6) is -0.490. The fourth-order valence-corrected chi connectivity index (χ4v) is 3.50. The number of para-hydroxylation sites is 1. The summed E-state index contributed by atoms with van der Waals surface area (Å²) in [4.78, 5) is 13.6. The Bertz CT molecular complexity index is 603. The molecule has 0 aliphatic carbocycles. The molecule has 1 atom stereocenters. The number of halogens is 1. The van der Waals surface area contributed by atoms with Gasteiger partial charge in [-0.2, -0.15) is 0 Å². The Morgan fingerprint density at radius 2 is 2.05 bits per heavy atom. The highest BCUT2D eigenvalue weighted by Crippen LogP contribution is 2.17. The van der Waals surface area contributed by atoms with Crippen LogP contribution in [-0.4, -0.2) is 43.4 Å². The maximum atomic E-state index is 13.5. The van der Waals surface area contributed by atoms with Crippen molar-refractivity contribution in [2.45, 2.75) is 19.4 Å². The Morgan fingerprint density at radius 1 is 1.35 bits per heavy atom. The van der Waals surface area contributed by atoms with Crippen LogP contribution in [-0.2, 0) is 9.84 Å². The molecule has 0 aromatic heterocycles. The van der Waals surface area contributed by atoms with E-state index >= 15 is 0 Å². The first-order valence-corrected chi connectivity index (χ1v) is 8.24. The molecule has 1 aliphatic rings. The first-order valence-electron chi connectivity index (χ1n) is 6.41. The lowest BCUT2D eigenvalue weighted by Crippen LogP contribution is -2.42. The van der Waals surface area contributed by atoms with Gasteiger partial charge in [0.25, 0.3) is 0 Å². The number of urea groups is 1. The second-order valence-electron chi connectivity index (χ2n) is 4.89. The first kappa shape index (κ1) is 14.8. The monoisotopic (exact) mass is 300 g/mol.